The van der Waals surface area contributed by atoms with E-state index in [1.54, 1.807) is 24.3 Å². The van der Waals surface area contributed by atoms with Crippen LogP contribution in [0.1, 0.15) is 38.2 Å². The van der Waals surface area contributed by atoms with Crippen LogP contribution in [0.15, 0.2) is 41.8 Å². The molecule has 0 aromatic heterocycles. The number of carbonyl (C=O) groups excluding carboxylic acids is 2. The summed E-state index contributed by atoms with van der Waals surface area (Å²) in [6, 6.07) is 8.93. The Bertz CT molecular complexity index is 765. The quantitative estimate of drug-likeness (QED) is 0.339. The van der Waals surface area contributed by atoms with Crippen LogP contribution in [0.3, 0.4) is 0 Å². The first kappa shape index (κ1) is 22.2. The van der Waals surface area contributed by atoms with Gasteiger partial charge in [0.15, 0.2) is 5.57 Å². The van der Waals surface area contributed by atoms with Crippen molar-refractivity contribution in [1.82, 2.24) is 15.1 Å². The molecule has 1 unspecified atom stereocenters. The third kappa shape index (κ3) is 5.71. The molecule has 1 atom stereocenters. The van der Waals surface area contributed by atoms with Crippen LogP contribution in [-0.2, 0) is 20.9 Å². The highest BCUT2D eigenvalue weighted by Gasteiger charge is 2.41. The number of unbranched alkanes of at least 4 members (excludes halogenated alkanes) is 3. The Morgan fingerprint density at radius 2 is 1.79 bits per heavy atom. The number of aliphatic hydroxyl groups is 2. The van der Waals surface area contributed by atoms with E-state index in [0.717, 1.165) is 29.7 Å². The van der Waals surface area contributed by atoms with Crippen LogP contribution < -0.4 is 5.32 Å². The van der Waals surface area contributed by atoms with Crippen molar-refractivity contribution in [3.05, 3.63) is 47.4 Å². The lowest BCUT2D eigenvalue weighted by molar-refractivity contribution is -0.165. The second kappa shape index (κ2) is 10.5. The first-order valence-electron chi connectivity index (χ1n) is 9.59. The first-order chi connectivity index (χ1) is 13.9. The Morgan fingerprint density at radius 1 is 1.10 bits per heavy atom. The van der Waals surface area contributed by atoms with Gasteiger partial charge in [-0.2, -0.15) is 0 Å². The molecule has 1 heterocycles. The van der Waals surface area contributed by atoms with Crippen LogP contribution in [0.5, 0.6) is 0 Å². The number of amides is 2. The average Bonchev–Trinajstić information content (AvgIpc) is 2.70. The molecule has 0 radical (unpaired) electrons. The molecule has 0 fully saturated rings. The number of benzene rings is 1. The van der Waals surface area contributed by atoms with Gasteiger partial charge in [-0.15, -0.1) is 0 Å². The van der Waals surface area contributed by atoms with Crippen LogP contribution in [0.25, 0.3) is 0 Å². The summed E-state index contributed by atoms with van der Waals surface area (Å²) in [5.41, 5.74) is 0.153. The maximum atomic E-state index is 12.9. The van der Waals surface area contributed by atoms with E-state index >= 15 is 0 Å². The Morgan fingerprint density at radius 3 is 2.41 bits per heavy atom. The van der Waals surface area contributed by atoms with Gasteiger partial charge in [0.25, 0.3) is 11.8 Å². The minimum absolute atomic E-state index is 0.0231. The second-order valence-electron chi connectivity index (χ2n) is 6.79. The Balaban J connectivity index is 2.30. The first-order valence-corrected chi connectivity index (χ1v) is 9.59. The highest BCUT2D eigenvalue weighted by molar-refractivity contribution is 6.19. The Hall–Kier alpha value is -3.07. The Labute approximate surface area is 169 Å². The molecule has 0 spiro atoms. The lowest BCUT2D eigenvalue weighted by atomic mass is 10.1. The number of aliphatic carboxylic acids is 1. The summed E-state index contributed by atoms with van der Waals surface area (Å²) >= 11 is 0. The van der Waals surface area contributed by atoms with Gasteiger partial charge >= 0.3 is 5.97 Å². The van der Waals surface area contributed by atoms with Crippen LogP contribution in [0, 0.1) is 0 Å². The maximum Gasteiger partial charge on any atom is 0.322 e. The zero-order valence-electron chi connectivity index (χ0n) is 16.4. The number of hydrogen-bond donors (Lipinski definition) is 4. The van der Waals surface area contributed by atoms with Crippen LogP contribution in [-0.4, -0.2) is 62.3 Å². The lowest BCUT2D eigenvalue weighted by Crippen LogP contribution is -2.57. The number of hydrogen-bond acceptors (Lipinski definition) is 6. The molecule has 0 saturated heterocycles. The summed E-state index contributed by atoms with van der Waals surface area (Å²) < 4.78 is 0. The van der Waals surface area contributed by atoms with Gasteiger partial charge in [0, 0.05) is 6.54 Å². The number of carboxylic acid groups (broad SMARTS) is 1. The molecular weight excluding hydrogens is 378 g/mol. The second-order valence-corrected chi connectivity index (χ2v) is 6.79. The summed E-state index contributed by atoms with van der Waals surface area (Å²) in [5.74, 6) is -3.80. The van der Waals surface area contributed by atoms with E-state index in [2.05, 4.69) is 12.2 Å². The minimum Gasteiger partial charge on any atom is -0.494 e. The van der Waals surface area contributed by atoms with Crippen molar-refractivity contribution in [2.75, 3.05) is 13.1 Å². The van der Waals surface area contributed by atoms with E-state index in [0.29, 0.717) is 6.42 Å². The van der Waals surface area contributed by atoms with Crippen LogP contribution >= 0.6 is 0 Å². The van der Waals surface area contributed by atoms with E-state index in [4.69, 9.17) is 5.11 Å². The molecule has 2 amide bonds. The van der Waals surface area contributed by atoms with E-state index in [9.17, 15) is 24.6 Å². The van der Waals surface area contributed by atoms with Gasteiger partial charge in [-0.25, -0.2) is 0 Å². The molecule has 0 bridgehead atoms. The molecule has 158 valence electrons. The molecule has 0 saturated carbocycles. The van der Waals surface area contributed by atoms with Gasteiger partial charge in [0.2, 0.25) is 12.2 Å². The van der Waals surface area contributed by atoms with Crippen molar-refractivity contribution in [3.63, 3.8) is 0 Å². The fraction of sp³-hybridized carbons (Fsp3) is 0.450. The topological polar surface area (TPSA) is 130 Å². The Kier molecular flexibility index (Phi) is 8.02. The number of carboxylic acids is 1. The van der Waals surface area contributed by atoms with Crippen LogP contribution in [0.2, 0.25) is 0 Å². The molecular formula is C20H27N3O6. The fourth-order valence-corrected chi connectivity index (χ4v) is 3.07. The summed E-state index contributed by atoms with van der Waals surface area (Å²) in [6.45, 7) is 1.62. The smallest absolute Gasteiger partial charge is 0.322 e. The summed E-state index contributed by atoms with van der Waals surface area (Å²) in [7, 11) is 0. The molecule has 1 aliphatic rings. The van der Waals surface area contributed by atoms with Gasteiger partial charge in [-0.1, -0.05) is 56.5 Å². The van der Waals surface area contributed by atoms with Crippen LogP contribution in [0.4, 0.5) is 0 Å². The van der Waals surface area contributed by atoms with E-state index < -0.39 is 42.1 Å². The number of aliphatic hydroxyl groups excluding tert-OH is 2. The molecule has 1 aliphatic heterocycles. The van der Waals surface area contributed by atoms with Crippen molar-refractivity contribution < 1.29 is 29.7 Å². The SMILES string of the molecule is CCCCCCN1C(O)=C(C(=O)NCC(=O)O)C(=O)N(Cc2ccccc2)C1O. The predicted octanol–water partition coefficient (Wildman–Crippen LogP) is 1.16. The van der Waals surface area contributed by atoms with E-state index in [1.807, 2.05) is 6.07 Å². The molecule has 4 N–H and O–H groups in total. The number of nitrogens with zero attached hydrogens (tertiary/aromatic N) is 2. The van der Waals surface area contributed by atoms with Gasteiger partial charge in [-0.3, -0.25) is 24.2 Å². The monoisotopic (exact) mass is 405 g/mol. The molecule has 29 heavy (non-hydrogen) atoms. The largest absolute Gasteiger partial charge is 0.494 e. The van der Waals surface area contributed by atoms with E-state index in [1.165, 1.54) is 4.90 Å². The molecule has 1 aromatic carbocycles. The molecule has 1 aromatic rings. The van der Waals surface area contributed by atoms with Crippen molar-refractivity contribution in [2.45, 2.75) is 45.5 Å². The summed E-state index contributed by atoms with van der Waals surface area (Å²) in [5, 5.41) is 32.1. The third-order valence-corrected chi connectivity index (χ3v) is 4.60. The van der Waals surface area contributed by atoms with Gasteiger partial charge in [0.05, 0.1) is 6.54 Å². The standard InChI is InChI=1S/C20H27N3O6/c1-2-3-4-8-11-22-18(27)16(17(26)21-12-15(24)25)19(28)23(20(22)29)13-14-9-6-5-7-10-14/h5-7,9-10,20,27,29H,2-4,8,11-13H2,1H3,(H,21,26)(H,24,25). The third-order valence-electron chi connectivity index (χ3n) is 4.60. The number of rotatable bonds is 10. The summed E-state index contributed by atoms with van der Waals surface area (Å²) in [6.07, 6.45) is 2.05. The molecule has 9 nitrogen and oxygen atoms in total. The minimum atomic E-state index is -1.44. The van der Waals surface area contributed by atoms with Gasteiger partial charge in [0.1, 0.15) is 6.54 Å². The molecule has 2 rings (SSSR count). The van der Waals surface area contributed by atoms with Gasteiger partial charge < -0.3 is 20.6 Å². The molecule has 0 aliphatic carbocycles. The highest BCUT2D eigenvalue weighted by atomic mass is 16.4. The van der Waals surface area contributed by atoms with Crippen molar-refractivity contribution >= 4 is 17.8 Å². The highest BCUT2D eigenvalue weighted by Crippen LogP contribution is 2.25. The fourth-order valence-electron chi connectivity index (χ4n) is 3.07. The number of carbonyl (C=O) groups is 3. The van der Waals surface area contributed by atoms with Gasteiger partial charge in [-0.05, 0) is 12.0 Å². The van der Waals surface area contributed by atoms with Crippen molar-refractivity contribution in [2.24, 2.45) is 0 Å². The zero-order valence-corrected chi connectivity index (χ0v) is 16.4. The predicted molar refractivity (Wildman–Crippen MR) is 104 cm³/mol. The van der Waals surface area contributed by atoms with Crippen molar-refractivity contribution in [3.8, 4) is 0 Å². The lowest BCUT2D eigenvalue weighted by Gasteiger charge is -2.41. The molecule has 9 heteroatoms. The van der Waals surface area contributed by atoms with Crippen molar-refractivity contribution in [1.29, 1.82) is 0 Å². The maximum absolute atomic E-state index is 12.9. The zero-order chi connectivity index (χ0) is 21.4. The average molecular weight is 405 g/mol. The summed E-state index contributed by atoms with van der Waals surface area (Å²) in [4.78, 5) is 38.3. The normalized spacial score (nSPS) is 16.9. The number of nitrogens with one attached hydrogen (secondary N) is 1. The van der Waals surface area contributed by atoms with E-state index in [-0.39, 0.29) is 13.1 Å².